The number of fused-ring (bicyclic) bond motifs is 4. The van der Waals surface area contributed by atoms with Crippen LogP contribution < -0.4 is 10.0 Å². The van der Waals surface area contributed by atoms with Crippen molar-refractivity contribution in [3.05, 3.63) is 117 Å². The number of hydrogen-bond donors (Lipinski definition) is 2. The SMILES string of the molecule is Cn1nc(NS(C)(=O)=O)c2c(Cl)ccc(-c3cc(-c4ccccc4Cl)cnc3[C@H](Cc3cc(F)cc(F)c3)NC(=O)Cn3nc(C(F)(F)F)c4c3C(F)(F)[C@@H]3C[C@H]43)c21. The van der Waals surface area contributed by atoms with Crippen LogP contribution in [0.15, 0.2) is 66.9 Å². The monoisotopic (exact) mass is 865 g/mol. The largest absolute Gasteiger partial charge is 0.435 e. The molecule has 8 rings (SSSR count). The van der Waals surface area contributed by atoms with Crippen LogP contribution in [0.25, 0.3) is 33.2 Å². The zero-order valence-corrected chi connectivity index (χ0v) is 32.3. The maximum absolute atomic E-state index is 15.4. The average Bonchev–Trinajstić information content (AvgIpc) is 3.66. The lowest BCUT2D eigenvalue weighted by atomic mass is 9.92. The predicted octanol–water partition coefficient (Wildman–Crippen LogP) is 8.78. The predicted molar refractivity (Wildman–Crippen MR) is 201 cm³/mol. The van der Waals surface area contributed by atoms with Gasteiger partial charge in [0.1, 0.15) is 23.9 Å². The van der Waals surface area contributed by atoms with E-state index < -0.39 is 81.0 Å². The van der Waals surface area contributed by atoms with E-state index in [0.29, 0.717) is 32.5 Å². The quantitative estimate of drug-likeness (QED) is 0.133. The molecule has 1 saturated carbocycles. The van der Waals surface area contributed by atoms with Gasteiger partial charge < -0.3 is 5.32 Å². The molecule has 3 heterocycles. The van der Waals surface area contributed by atoms with Crippen molar-refractivity contribution in [1.82, 2.24) is 29.9 Å². The lowest BCUT2D eigenvalue weighted by molar-refractivity contribution is -0.142. The van der Waals surface area contributed by atoms with E-state index in [-0.39, 0.29) is 51.4 Å². The third-order valence-corrected chi connectivity index (χ3v) is 11.3. The van der Waals surface area contributed by atoms with Gasteiger partial charge in [0.2, 0.25) is 15.9 Å². The Morgan fingerprint density at radius 1 is 0.983 bits per heavy atom. The second kappa shape index (κ2) is 14.0. The van der Waals surface area contributed by atoms with Gasteiger partial charge >= 0.3 is 6.18 Å². The van der Waals surface area contributed by atoms with Crippen LogP contribution in [0.3, 0.4) is 0 Å². The number of benzene rings is 3. The van der Waals surface area contributed by atoms with Crippen molar-refractivity contribution < 1.29 is 43.9 Å². The third-order valence-electron chi connectivity index (χ3n) is 10.1. The molecule has 1 fully saturated rings. The summed E-state index contributed by atoms with van der Waals surface area (Å²) < 4.78 is 131. The number of aromatic nitrogens is 5. The Hall–Kier alpha value is -5.20. The topological polar surface area (TPSA) is 124 Å². The van der Waals surface area contributed by atoms with E-state index in [1.54, 1.807) is 36.4 Å². The molecular weight excluding hydrogens is 838 g/mol. The van der Waals surface area contributed by atoms with E-state index in [1.165, 1.54) is 24.0 Å². The molecular formula is C38H28Cl2F7N7O3S. The van der Waals surface area contributed by atoms with E-state index in [4.69, 9.17) is 28.2 Å². The van der Waals surface area contributed by atoms with Crippen molar-refractivity contribution in [3.8, 4) is 22.3 Å². The highest BCUT2D eigenvalue weighted by Crippen LogP contribution is 2.68. The number of nitrogens with one attached hydrogen (secondary N) is 2. The summed E-state index contributed by atoms with van der Waals surface area (Å²) >= 11 is 13.2. The molecule has 3 aromatic heterocycles. The fourth-order valence-corrected chi connectivity index (χ4v) is 8.78. The number of aryl methyl sites for hydroxylation is 1. The van der Waals surface area contributed by atoms with Crippen molar-refractivity contribution in [3.63, 3.8) is 0 Å². The molecule has 6 aromatic rings. The van der Waals surface area contributed by atoms with Gasteiger partial charge in [0, 0.05) is 58.1 Å². The molecule has 0 spiro atoms. The first-order chi connectivity index (χ1) is 27.2. The summed E-state index contributed by atoms with van der Waals surface area (Å²) in [4.78, 5) is 18.6. The van der Waals surface area contributed by atoms with Crippen LogP contribution in [0.5, 0.6) is 0 Å². The van der Waals surface area contributed by atoms with Crippen LogP contribution in [0.1, 0.15) is 46.6 Å². The molecule has 2 aliphatic rings. The molecule has 58 heavy (non-hydrogen) atoms. The molecule has 0 saturated heterocycles. The van der Waals surface area contributed by atoms with E-state index >= 15 is 8.78 Å². The van der Waals surface area contributed by atoms with Gasteiger partial charge in [0.15, 0.2) is 11.5 Å². The summed E-state index contributed by atoms with van der Waals surface area (Å²) in [5, 5.41) is 11.1. The molecule has 2 aliphatic carbocycles. The molecule has 0 aliphatic heterocycles. The van der Waals surface area contributed by atoms with Crippen LogP contribution in [-0.4, -0.2) is 45.1 Å². The van der Waals surface area contributed by atoms with Gasteiger partial charge in [-0.2, -0.15) is 32.1 Å². The van der Waals surface area contributed by atoms with E-state index in [1.807, 2.05) is 0 Å². The fourth-order valence-electron chi connectivity index (χ4n) is 7.80. The van der Waals surface area contributed by atoms with Crippen molar-refractivity contribution in [2.24, 2.45) is 13.0 Å². The summed E-state index contributed by atoms with van der Waals surface area (Å²) in [6.07, 6.45) is -3.24. The van der Waals surface area contributed by atoms with Gasteiger partial charge in [-0.25, -0.2) is 17.2 Å². The van der Waals surface area contributed by atoms with Crippen molar-refractivity contribution in [2.45, 2.75) is 43.4 Å². The molecule has 20 heteroatoms. The molecule has 2 N–H and O–H groups in total. The first-order valence-electron chi connectivity index (χ1n) is 17.4. The maximum Gasteiger partial charge on any atom is 0.435 e. The van der Waals surface area contributed by atoms with Crippen molar-refractivity contribution in [2.75, 3.05) is 11.0 Å². The number of hydrogen-bond acceptors (Lipinski definition) is 6. The van der Waals surface area contributed by atoms with Gasteiger partial charge in [0.05, 0.1) is 33.9 Å². The molecule has 0 radical (unpaired) electrons. The zero-order valence-electron chi connectivity index (χ0n) is 30.0. The number of nitrogens with zero attached hydrogens (tertiary/aromatic N) is 5. The number of pyridine rings is 1. The Bertz CT molecular complexity index is 2770. The number of sulfonamides is 1. The molecule has 302 valence electrons. The molecule has 3 aromatic carbocycles. The Labute approximate surface area is 335 Å². The summed E-state index contributed by atoms with van der Waals surface area (Å²) in [5.41, 5.74) is -1.18. The van der Waals surface area contributed by atoms with Gasteiger partial charge in [0.25, 0.3) is 5.92 Å². The lowest BCUT2D eigenvalue weighted by Crippen LogP contribution is -2.35. The highest BCUT2D eigenvalue weighted by Gasteiger charge is 2.68. The van der Waals surface area contributed by atoms with E-state index in [9.17, 15) is 35.2 Å². The van der Waals surface area contributed by atoms with Gasteiger partial charge in [-0.05, 0) is 54.7 Å². The Morgan fingerprint density at radius 3 is 2.36 bits per heavy atom. The summed E-state index contributed by atoms with van der Waals surface area (Å²) in [6, 6.07) is 12.8. The molecule has 3 atom stereocenters. The van der Waals surface area contributed by atoms with Crippen LogP contribution in [0.4, 0.5) is 36.6 Å². The Kier molecular flexibility index (Phi) is 9.55. The fraction of sp³-hybridized carbons (Fsp3) is 0.263. The smallest absolute Gasteiger partial charge is 0.346 e. The number of halogens is 9. The third kappa shape index (κ3) is 7.14. The lowest BCUT2D eigenvalue weighted by Gasteiger charge is -2.23. The molecule has 1 amide bonds. The van der Waals surface area contributed by atoms with Crippen LogP contribution in [0, 0.1) is 17.6 Å². The number of anilines is 1. The standard InChI is InChI=1S/C38H28Cl2F7N7O3S/c1-53-33-22(7-8-27(40)31(33)36(51-53)52-58(2,56)57)23-12-18(21-5-3-4-6-26(21)39)15-48-32(23)28(11-17-9-19(41)13-20(42)10-17)49-29(55)16-54-35-30(34(50-54)38(45,46)47)24-14-25(24)37(35,43)44/h3-10,12-13,15,24-25,28H,11,14,16H2,1-2H3,(H,49,55)(H,51,52)/t24-,25+,28-/m0/s1. The summed E-state index contributed by atoms with van der Waals surface area (Å²) in [6.45, 7) is -1.07. The number of carbonyl (C=O) groups excluding carboxylic acids is 1. The zero-order chi connectivity index (χ0) is 41.6. The highest BCUT2D eigenvalue weighted by atomic mass is 35.5. The molecule has 0 bridgehead atoms. The van der Waals surface area contributed by atoms with Crippen molar-refractivity contribution >= 4 is 55.9 Å². The molecule has 10 nitrogen and oxygen atoms in total. The van der Waals surface area contributed by atoms with Gasteiger partial charge in [-0.1, -0.05) is 47.5 Å². The second-order valence-electron chi connectivity index (χ2n) is 14.2. The first kappa shape index (κ1) is 39.6. The first-order valence-corrected chi connectivity index (χ1v) is 20.0. The number of alkyl halides is 5. The second-order valence-corrected chi connectivity index (χ2v) is 16.8. The normalized spacial score (nSPS) is 17.6. The van der Waals surface area contributed by atoms with Crippen LogP contribution >= 0.6 is 23.2 Å². The van der Waals surface area contributed by atoms with Crippen molar-refractivity contribution in [1.29, 1.82) is 0 Å². The number of amides is 1. The number of rotatable bonds is 10. The summed E-state index contributed by atoms with van der Waals surface area (Å²) in [5.74, 6) is -9.14. The van der Waals surface area contributed by atoms with Crippen LogP contribution in [0.2, 0.25) is 10.0 Å². The van der Waals surface area contributed by atoms with Crippen LogP contribution in [-0.2, 0) is 46.9 Å². The highest BCUT2D eigenvalue weighted by molar-refractivity contribution is 7.92. The Morgan fingerprint density at radius 2 is 1.69 bits per heavy atom. The molecule has 0 unspecified atom stereocenters. The van der Waals surface area contributed by atoms with E-state index in [0.717, 1.165) is 18.4 Å². The average molecular weight is 867 g/mol. The minimum absolute atomic E-state index is 0.0260. The maximum atomic E-state index is 15.4. The van der Waals surface area contributed by atoms with Gasteiger partial charge in [-0.3, -0.25) is 23.9 Å². The van der Waals surface area contributed by atoms with E-state index in [2.05, 4.69) is 20.2 Å². The Balaban J connectivity index is 1.29. The van der Waals surface area contributed by atoms with Gasteiger partial charge in [-0.15, -0.1) is 0 Å². The number of carbonyl (C=O) groups is 1. The summed E-state index contributed by atoms with van der Waals surface area (Å²) in [7, 11) is -2.33. The minimum atomic E-state index is -5.07. The minimum Gasteiger partial charge on any atom is -0.346 e.